The molecule has 0 fully saturated rings. The molecule has 0 aliphatic rings. The van der Waals surface area contributed by atoms with Gasteiger partial charge in [0.1, 0.15) is 28.5 Å². The zero-order valence-electron chi connectivity index (χ0n) is 15.6. The highest BCUT2D eigenvalue weighted by atomic mass is 32.1. The number of methoxy groups -OCH3 is 2. The van der Waals surface area contributed by atoms with Crippen LogP contribution in [0.15, 0.2) is 30.6 Å². The normalized spacial score (nSPS) is 10.7. The van der Waals surface area contributed by atoms with Crippen molar-refractivity contribution in [2.24, 2.45) is 0 Å². The number of benzene rings is 1. The van der Waals surface area contributed by atoms with Gasteiger partial charge >= 0.3 is 11.9 Å². The molecule has 0 radical (unpaired) electrons. The van der Waals surface area contributed by atoms with E-state index < -0.39 is 11.9 Å². The third kappa shape index (κ3) is 4.10. The van der Waals surface area contributed by atoms with Crippen molar-refractivity contribution in [3.8, 4) is 0 Å². The highest BCUT2D eigenvalue weighted by molar-refractivity contribution is 7.20. The molecule has 0 atom stereocenters. The molecular weight excluding hydrogens is 382 g/mol. The standard InChI is InChI=1S/C19H19N3O5S/c1-11-14-16(22-13-6-4-12(5-7-13)18(23)26-3)20-10-21-17(14)28-15(11)19(24)27-9-8-25-2/h4-7,10H,8-9H2,1-3H3,(H,20,21,22). The van der Waals surface area contributed by atoms with Crippen molar-refractivity contribution >= 4 is 45.0 Å². The van der Waals surface area contributed by atoms with Gasteiger partial charge in [0, 0.05) is 12.8 Å². The molecule has 0 saturated carbocycles. The maximum absolute atomic E-state index is 12.3. The minimum atomic E-state index is -0.411. The number of ether oxygens (including phenoxy) is 3. The van der Waals surface area contributed by atoms with E-state index in [2.05, 4.69) is 15.3 Å². The number of thiophene rings is 1. The maximum atomic E-state index is 12.3. The Balaban J connectivity index is 1.88. The van der Waals surface area contributed by atoms with E-state index in [1.807, 2.05) is 6.92 Å². The molecule has 28 heavy (non-hydrogen) atoms. The Hall–Kier alpha value is -3.04. The van der Waals surface area contributed by atoms with E-state index in [4.69, 9.17) is 14.2 Å². The van der Waals surface area contributed by atoms with E-state index in [0.717, 1.165) is 16.6 Å². The van der Waals surface area contributed by atoms with Gasteiger partial charge in [-0.3, -0.25) is 0 Å². The lowest BCUT2D eigenvalue weighted by Gasteiger charge is -2.08. The number of hydrogen-bond donors (Lipinski definition) is 1. The lowest BCUT2D eigenvalue weighted by molar-refractivity contribution is 0.0392. The van der Waals surface area contributed by atoms with Crippen LogP contribution in [0.3, 0.4) is 0 Å². The van der Waals surface area contributed by atoms with E-state index in [9.17, 15) is 9.59 Å². The van der Waals surface area contributed by atoms with E-state index in [0.29, 0.717) is 27.7 Å². The average molecular weight is 401 g/mol. The summed E-state index contributed by atoms with van der Waals surface area (Å²) in [5.74, 6) is -0.243. The summed E-state index contributed by atoms with van der Waals surface area (Å²) in [7, 11) is 2.88. The fourth-order valence-corrected chi connectivity index (χ4v) is 3.63. The quantitative estimate of drug-likeness (QED) is 0.475. The van der Waals surface area contributed by atoms with Crippen molar-refractivity contribution in [2.75, 3.05) is 32.8 Å². The summed E-state index contributed by atoms with van der Waals surface area (Å²) in [4.78, 5) is 33.6. The molecular formula is C19H19N3O5S. The van der Waals surface area contributed by atoms with Crippen LogP contribution in [0.1, 0.15) is 25.6 Å². The van der Waals surface area contributed by atoms with Crippen molar-refractivity contribution in [2.45, 2.75) is 6.92 Å². The van der Waals surface area contributed by atoms with E-state index in [1.165, 1.54) is 24.8 Å². The second-order valence-corrected chi connectivity index (χ2v) is 6.78. The van der Waals surface area contributed by atoms with Gasteiger partial charge < -0.3 is 19.5 Å². The Kier molecular flexibility index (Phi) is 6.17. The predicted molar refractivity (Wildman–Crippen MR) is 105 cm³/mol. The Labute approximate surface area is 165 Å². The van der Waals surface area contributed by atoms with Crippen LogP contribution in [0.4, 0.5) is 11.5 Å². The van der Waals surface area contributed by atoms with Crippen molar-refractivity contribution in [1.29, 1.82) is 0 Å². The smallest absolute Gasteiger partial charge is 0.348 e. The molecule has 0 unspecified atom stereocenters. The second-order valence-electron chi connectivity index (χ2n) is 5.78. The van der Waals surface area contributed by atoms with Crippen LogP contribution in [-0.2, 0) is 14.2 Å². The zero-order chi connectivity index (χ0) is 20.1. The first-order valence-corrected chi connectivity index (χ1v) is 9.22. The summed E-state index contributed by atoms with van der Waals surface area (Å²) in [5.41, 5.74) is 1.94. The van der Waals surface area contributed by atoms with Gasteiger partial charge in [-0.2, -0.15) is 0 Å². The summed E-state index contributed by atoms with van der Waals surface area (Å²) in [5, 5.41) is 3.96. The average Bonchev–Trinajstić information content (AvgIpc) is 3.06. The summed E-state index contributed by atoms with van der Waals surface area (Å²) >= 11 is 1.26. The van der Waals surface area contributed by atoms with Gasteiger partial charge in [-0.25, -0.2) is 19.6 Å². The Bertz CT molecular complexity index is 1000. The van der Waals surface area contributed by atoms with Crippen molar-refractivity contribution in [3.05, 3.63) is 46.6 Å². The molecule has 2 aromatic heterocycles. The number of carbonyl (C=O) groups is 2. The number of esters is 2. The minimum Gasteiger partial charge on any atom is -0.465 e. The van der Waals surface area contributed by atoms with Crippen LogP contribution in [0.25, 0.3) is 10.2 Å². The molecule has 0 spiro atoms. The SMILES string of the molecule is COCCOC(=O)c1sc2ncnc(Nc3ccc(C(=O)OC)cc3)c2c1C. The van der Waals surface area contributed by atoms with E-state index >= 15 is 0 Å². The number of fused-ring (bicyclic) bond motifs is 1. The van der Waals surface area contributed by atoms with Crippen LogP contribution >= 0.6 is 11.3 Å². The maximum Gasteiger partial charge on any atom is 0.348 e. The van der Waals surface area contributed by atoms with Crippen LogP contribution in [0.5, 0.6) is 0 Å². The third-order valence-corrected chi connectivity index (χ3v) is 5.18. The zero-order valence-corrected chi connectivity index (χ0v) is 16.5. The predicted octanol–water partition coefficient (Wildman–Crippen LogP) is 3.33. The summed E-state index contributed by atoms with van der Waals surface area (Å²) in [6, 6.07) is 6.82. The molecule has 0 saturated heterocycles. The molecule has 0 aliphatic heterocycles. The fraction of sp³-hybridized carbons (Fsp3) is 0.263. The molecule has 3 rings (SSSR count). The van der Waals surface area contributed by atoms with E-state index in [-0.39, 0.29) is 6.61 Å². The Morgan fingerprint density at radius 3 is 2.50 bits per heavy atom. The largest absolute Gasteiger partial charge is 0.465 e. The molecule has 3 aromatic rings. The van der Waals surface area contributed by atoms with Gasteiger partial charge in [-0.1, -0.05) is 0 Å². The first kappa shape index (κ1) is 19.7. The molecule has 9 heteroatoms. The van der Waals surface area contributed by atoms with Gasteiger partial charge in [-0.05, 0) is 36.8 Å². The number of carbonyl (C=O) groups excluding carboxylic acids is 2. The first-order chi connectivity index (χ1) is 13.5. The lowest BCUT2D eigenvalue weighted by atomic mass is 10.2. The number of nitrogens with one attached hydrogen (secondary N) is 1. The number of aryl methyl sites for hydroxylation is 1. The highest BCUT2D eigenvalue weighted by Gasteiger charge is 2.20. The molecule has 2 heterocycles. The van der Waals surface area contributed by atoms with Crippen LogP contribution in [0, 0.1) is 6.92 Å². The number of anilines is 2. The van der Waals surface area contributed by atoms with Gasteiger partial charge in [0.2, 0.25) is 0 Å². The first-order valence-electron chi connectivity index (χ1n) is 8.40. The molecule has 8 nitrogen and oxygen atoms in total. The van der Waals surface area contributed by atoms with Crippen molar-refractivity contribution in [3.63, 3.8) is 0 Å². The van der Waals surface area contributed by atoms with Gasteiger partial charge in [0.05, 0.1) is 24.7 Å². The Morgan fingerprint density at radius 2 is 1.82 bits per heavy atom. The summed E-state index contributed by atoms with van der Waals surface area (Å²) in [6.07, 6.45) is 1.43. The third-order valence-electron chi connectivity index (χ3n) is 4.00. The highest BCUT2D eigenvalue weighted by Crippen LogP contribution is 2.34. The van der Waals surface area contributed by atoms with Crippen molar-refractivity contribution < 1.29 is 23.8 Å². The lowest BCUT2D eigenvalue weighted by Crippen LogP contribution is -2.09. The monoisotopic (exact) mass is 401 g/mol. The summed E-state index contributed by atoms with van der Waals surface area (Å²) < 4.78 is 14.8. The number of nitrogens with zero attached hydrogens (tertiary/aromatic N) is 2. The molecule has 0 bridgehead atoms. The molecule has 146 valence electrons. The van der Waals surface area contributed by atoms with Crippen molar-refractivity contribution in [1.82, 2.24) is 9.97 Å². The van der Waals surface area contributed by atoms with E-state index in [1.54, 1.807) is 31.4 Å². The minimum absolute atomic E-state index is 0.187. The molecule has 0 amide bonds. The molecule has 0 aliphatic carbocycles. The fourth-order valence-electron chi connectivity index (χ4n) is 2.59. The molecule has 1 N–H and O–H groups in total. The number of hydrogen-bond acceptors (Lipinski definition) is 9. The van der Waals surface area contributed by atoms with Gasteiger partial charge in [-0.15, -0.1) is 11.3 Å². The number of rotatable bonds is 7. The van der Waals surface area contributed by atoms with Gasteiger partial charge in [0.25, 0.3) is 0 Å². The summed E-state index contributed by atoms with van der Waals surface area (Å²) in [6.45, 7) is 2.36. The van der Waals surface area contributed by atoms with Crippen LogP contribution in [-0.4, -0.2) is 49.3 Å². The van der Waals surface area contributed by atoms with Gasteiger partial charge in [0.15, 0.2) is 0 Å². The molecule has 1 aromatic carbocycles. The van der Waals surface area contributed by atoms with Crippen LogP contribution < -0.4 is 5.32 Å². The number of aromatic nitrogens is 2. The second kappa shape index (κ2) is 8.77. The Morgan fingerprint density at radius 1 is 1.07 bits per heavy atom. The topological polar surface area (TPSA) is 99.6 Å². The van der Waals surface area contributed by atoms with Crippen LogP contribution in [0.2, 0.25) is 0 Å².